The van der Waals surface area contributed by atoms with Gasteiger partial charge in [-0.15, -0.1) is 0 Å². The summed E-state index contributed by atoms with van der Waals surface area (Å²) in [5.74, 6) is 0.906. The van der Waals surface area contributed by atoms with Gasteiger partial charge in [-0.2, -0.15) is 0 Å². The maximum atomic E-state index is 9.14. The number of hydrogen-bond donors (Lipinski definition) is 1. The topological polar surface area (TPSA) is 29.5 Å². The average Bonchev–Trinajstić information content (AvgIpc) is 2.15. The van der Waals surface area contributed by atoms with Crippen LogP contribution in [0.5, 0.6) is 5.75 Å². The van der Waals surface area contributed by atoms with E-state index in [2.05, 4.69) is 0 Å². The summed E-state index contributed by atoms with van der Waals surface area (Å²) in [6, 6.07) is 7.91. The number of benzene rings is 1. The molecule has 0 amide bonds. The zero-order valence-electron chi connectivity index (χ0n) is 8.16. The normalized spacial score (nSPS) is 12.5. The van der Waals surface area contributed by atoms with E-state index in [1.165, 1.54) is 0 Å². The first-order valence-corrected chi connectivity index (χ1v) is 4.54. The van der Waals surface area contributed by atoms with Crippen molar-refractivity contribution in [2.24, 2.45) is 0 Å². The minimum Gasteiger partial charge on any atom is -0.496 e. The van der Waals surface area contributed by atoms with Crippen LogP contribution in [0.15, 0.2) is 24.3 Å². The number of hydrogen-bond acceptors (Lipinski definition) is 2. The van der Waals surface area contributed by atoms with Crippen molar-refractivity contribution in [1.29, 1.82) is 0 Å². The summed E-state index contributed by atoms with van der Waals surface area (Å²) in [5, 5.41) is 9.14. The summed E-state index contributed by atoms with van der Waals surface area (Å²) >= 11 is 0. The molecule has 0 aliphatic rings. The molecule has 0 bridgehead atoms. The zero-order valence-corrected chi connectivity index (χ0v) is 8.16. The summed E-state index contributed by atoms with van der Waals surface area (Å²) in [4.78, 5) is 0. The van der Waals surface area contributed by atoms with E-state index in [1.807, 2.05) is 24.3 Å². The lowest BCUT2D eigenvalue weighted by Crippen LogP contribution is -2.02. The highest BCUT2D eigenvalue weighted by Gasteiger charge is 2.02. The number of aliphatic hydroxyl groups excluding tert-OH is 1. The fraction of sp³-hybridized carbons (Fsp3) is 0.455. The molecule has 0 aromatic heterocycles. The SMILES string of the molecule is COc1ccccc1CC[C@H](C)O. The van der Waals surface area contributed by atoms with E-state index in [9.17, 15) is 0 Å². The van der Waals surface area contributed by atoms with E-state index in [0.717, 1.165) is 24.2 Å². The van der Waals surface area contributed by atoms with Gasteiger partial charge in [-0.25, -0.2) is 0 Å². The third kappa shape index (κ3) is 3.07. The smallest absolute Gasteiger partial charge is 0.122 e. The number of ether oxygens (including phenoxy) is 1. The van der Waals surface area contributed by atoms with Crippen molar-refractivity contribution >= 4 is 0 Å². The third-order valence-corrected chi connectivity index (χ3v) is 2.02. The minimum atomic E-state index is -0.245. The van der Waals surface area contributed by atoms with E-state index >= 15 is 0 Å². The third-order valence-electron chi connectivity index (χ3n) is 2.02. The summed E-state index contributed by atoms with van der Waals surface area (Å²) in [5.41, 5.74) is 1.16. The Kier molecular flexibility index (Phi) is 3.77. The fourth-order valence-corrected chi connectivity index (χ4v) is 1.27. The molecule has 72 valence electrons. The van der Waals surface area contributed by atoms with Crippen LogP contribution in [0.3, 0.4) is 0 Å². The van der Waals surface area contributed by atoms with E-state index in [4.69, 9.17) is 9.84 Å². The van der Waals surface area contributed by atoms with E-state index in [1.54, 1.807) is 14.0 Å². The van der Waals surface area contributed by atoms with Gasteiger partial charge in [0.2, 0.25) is 0 Å². The van der Waals surface area contributed by atoms with Crippen molar-refractivity contribution in [3.8, 4) is 5.75 Å². The molecule has 0 fully saturated rings. The van der Waals surface area contributed by atoms with Crippen LogP contribution in [-0.2, 0) is 6.42 Å². The molecule has 1 aromatic rings. The molecule has 2 nitrogen and oxygen atoms in total. The highest BCUT2D eigenvalue weighted by molar-refractivity contribution is 5.33. The molecule has 0 spiro atoms. The fourth-order valence-electron chi connectivity index (χ4n) is 1.27. The standard InChI is InChI=1S/C11H16O2/c1-9(12)7-8-10-5-3-4-6-11(10)13-2/h3-6,9,12H,7-8H2,1-2H3/t9-/m0/s1. The van der Waals surface area contributed by atoms with Gasteiger partial charge in [-0.3, -0.25) is 0 Å². The molecule has 1 N–H and O–H groups in total. The summed E-state index contributed by atoms with van der Waals surface area (Å²) < 4.78 is 5.20. The first-order valence-electron chi connectivity index (χ1n) is 4.54. The number of rotatable bonds is 4. The molecule has 0 radical (unpaired) electrons. The quantitative estimate of drug-likeness (QED) is 0.768. The summed E-state index contributed by atoms with van der Waals surface area (Å²) in [6.45, 7) is 1.80. The van der Waals surface area contributed by atoms with Crippen LogP contribution in [0.2, 0.25) is 0 Å². The number of aliphatic hydroxyl groups is 1. The monoisotopic (exact) mass is 180 g/mol. The first kappa shape index (κ1) is 10.1. The van der Waals surface area contributed by atoms with Crippen LogP contribution < -0.4 is 4.74 Å². The molecule has 0 aliphatic carbocycles. The highest BCUT2D eigenvalue weighted by Crippen LogP contribution is 2.19. The Morgan fingerprint density at radius 3 is 2.69 bits per heavy atom. The van der Waals surface area contributed by atoms with Crippen molar-refractivity contribution in [2.45, 2.75) is 25.9 Å². The molecule has 1 atom stereocenters. The Morgan fingerprint density at radius 1 is 1.38 bits per heavy atom. The Labute approximate surface area is 79.2 Å². The summed E-state index contributed by atoms with van der Waals surface area (Å²) in [6.07, 6.45) is 1.40. The largest absolute Gasteiger partial charge is 0.496 e. The van der Waals surface area contributed by atoms with Gasteiger partial charge >= 0.3 is 0 Å². The van der Waals surface area contributed by atoms with E-state index in [0.29, 0.717) is 0 Å². The predicted octanol–water partition coefficient (Wildman–Crippen LogP) is 2.01. The maximum absolute atomic E-state index is 9.14. The number of para-hydroxylation sites is 1. The molecule has 0 saturated heterocycles. The second-order valence-electron chi connectivity index (χ2n) is 3.20. The van der Waals surface area contributed by atoms with Crippen LogP contribution in [0.4, 0.5) is 0 Å². The first-order chi connectivity index (χ1) is 6.24. The van der Waals surface area contributed by atoms with Gasteiger partial charge < -0.3 is 9.84 Å². The molecular weight excluding hydrogens is 164 g/mol. The van der Waals surface area contributed by atoms with Gasteiger partial charge in [0.1, 0.15) is 5.75 Å². The molecule has 0 saturated carbocycles. The van der Waals surface area contributed by atoms with E-state index < -0.39 is 0 Å². The van der Waals surface area contributed by atoms with Crippen molar-refractivity contribution < 1.29 is 9.84 Å². The van der Waals surface area contributed by atoms with Gasteiger partial charge in [0.15, 0.2) is 0 Å². The molecular formula is C11H16O2. The Balaban J connectivity index is 2.64. The van der Waals surface area contributed by atoms with Crippen molar-refractivity contribution in [1.82, 2.24) is 0 Å². The van der Waals surface area contributed by atoms with Crippen LogP contribution in [0.1, 0.15) is 18.9 Å². The molecule has 0 aliphatic heterocycles. The van der Waals surface area contributed by atoms with Gasteiger partial charge in [-0.1, -0.05) is 18.2 Å². The number of aryl methyl sites for hydroxylation is 1. The minimum absolute atomic E-state index is 0.245. The van der Waals surface area contributed by atoms with Crippen LogP contribution in [0.25, 0.3) is 0 Å². The van der Waals surface area contributed by atoms with Gasteiger partial charge in [0.25, 0.3) is 0 Å². The molecule has 0 heterocycles. The van der Waals surface area contributed by atoms with Crippen molar-refractivity contribution in [2.75, 3.05) is 7.11 Å². The average molecular weight is 180 g/mol. The molecule has 0 unspecified atom stereocenters. The van der Waals surface area contributed by atoms with Crippen molar-refractivity contribution in [3.05, 3.63) is 29.8 Å². The van der Waals surface area contributed by atoms with Crippen LogP contribution in [0, 0.1) is 0 Å². The zero-order chi connectivity index (χ0) is 9.68. The van der Waals surface area contributed by atoms with Gasteiger partial charge in [0.05, 0.1) is 13.2 Å². The lowest BCUT2D eigenvalue weighted by molar-refractivity contribution is 0.184. The van der Waals surface area contributed by atoms with Crippen molar-refractivity contribution in [3.63, 3.8) is 0 Å². The molecule has 1 aromatic carbocycles. The van der Waals surface area contributed by atoms with Crippen LogP contribution in [-0.4, -0.2) is 18.3 Å². The lowest BCUT2D eigenvalue weighted by Gasteiger charge is -2.08. The molecule has 13 heavy (non-hydrogen) atoms. The Hall–Kier alpha value is -1.02. The maximum Gasteiger partial charge on any atom is 0.122 e. The van der Waals surface area contributed by atoms with Gasteiger partial charge in [-0.05, 0) is 31.4 Å². The Morgan fingerprint density at radius 2 is 2.08 bits per heavy atom. The van der Waals surface area contributed by atoms with Crippen LogP contribution >= 0.6 is 0 Å². The highest BCUT2D eigenvalue weighted by atomic mass is 16.5. The summed E-state index contributed by atoms with van der Waals surface area (Å²) in [7, 11) is 1.67. The Bertz CT molecular complexity index is 256. The second-order valence-corrected chi connectivity index (χ2v) is 3.20. The molecule has 1 rings (SSSR count). The predicted molar refractivity (Wildman–Crippen MR) is 53.0 cm³/mol. The molecule has 2 heteroatoms. The van der Waals surface area contributed by atoms with E-state index in [-0.39, 0.29) is 6.10 Å². The number of methoxy groups -OCH3 is 1. The van der Waals surface area contributed by atoms with Gasteiger partial charge in [0, 0.05) is 0 Å². The second kappa shape index (κ2) is 4.87. The lowest BCUT2D eigenvalue weighted by atomic mass is 10.1.